The molecule has 0 atom stereocenters. The summed E-state index contributed by atoms with van der Waals surface area (Å²) in [7, 11) is 2.10. The Kier molecular flexibility index (Phi) is 6.07. The number of para-hydroxylation sites is 3. The van der Waals surface area contributed by atoms with Gasteiger partial charge in [0, 0.05) is 31.6 Å². The summed E-state index contributed by atoms with van der Waals surface area (Å²) in [4.78, 5) is 4.98. The van der Waals surface area contributed by atoms with E-state index in [2.05, 4.69) is 124 Å². The summed E-state index contributed by atoms with van der Waals surface area (Å²) in [5.41, 5.74) is 12.3. The van der Waals surface area contributed by atoms with E-state index in [9.17, 15) is 0 Å². The van der Waals surface area contributed by atoms with Gasteiger partial charge >= 0.3 is 0 Å². The van der Waals surface area contributed by atoms with Crippen LogP contribution in [0, 0.1) is 13.8 Å². The standard InChI is InChI=1S/C45H40N3O2/c1-25(2)33-23-30(29-15-9-8-10-16-29)24-34(26(3)4)41(33)48-36-19-13-12-18-35(36)47(7)45(48)38-27(5)21-22-32-40-42(50-43(32)38)28(6)39-31-17-11-14-20-37(31)49-44(39)46-40/h8-26H,1-7H3/q+1/i6D3. The number of hydrogen-bond acceptors (Lipinski definition) is 3. The summed E-state index contributed by atoms with van der Waals surface area (Å²) in [6.45, 7) is 8.64. The van der Waals surface area contributed by atoms with E-state index in [-0.39, 0.29) is 28.7 Å². The van der Waals surface area contributed by atoms with E-state index in [1.807, 2.05) is 30.3 Å². The van der Waals surface area contributed by atoms with Crippen molar-refractivity contribution in [3.63, 3.8) is 0 Å². The van der Waals surface area contributed by atoms with Crippen molar-refractivity contribution in [2.45, 2.75) is 53.3 Å². The zero-order chi connectivity index (χ0) is 36.9. The van der Waals surface area contributed by atoms with Gasteiger partial charge in [0.15, 0.2) is 22.2 Å². The SMILES string of the molecule is [2H]C([2H])([2H])c1c2oc3c(-c4n(-c5c(C(C)C)cc(-c6ccccc6)cc5C(C)C)c5ccccc5[n+]4C)c(C)ccc3c2nc2oc3ccccc3c12. The molecule has 0 aliphatic rings. The van der Waals surface area contributed by atoms with Crippen molar-refractivity contribution in [1.29, 1.82) is 0 Å². The summed E-state index contributed by atoms with van der Waals surface area (Å²) in [6, 6.07) is 35.3. The van der Waals surface area contributed by atoms with E-state index in [4.69, 9.17) is 17.9 Å². The lowest BCUT2D eigenvalue weighted by Gasteiger charge is -2.21. The third kappa shape index (κ3) is 4.32. The van der Waals surface area contributed by atoms with Crippen LogP contribution in [0.15, 0.2) is 112 Å². The first-order chi connectivity index (χ1) is 25.4. The van der Waals surface area contributed by atoms with Gasteiger partial charge < -0.3 is 8.83 Å². The highest BCUT2D eigenvalue weighted by Crippen LogP contribution is 2.44. The number of benzene rings is 5. The summed E-state index contributed by atoms with van der Waals surface area (Å²) >= 11 is 0. The predicted octanol–water partition coefficient (Wildman–Crippen LogP) is 11.8. The molecule has 5 nitrogen and oxygen atoms in total. The molecule has 246 valence electrons. The minimum atomic E-state index is -2.49. The van der Waals surface area contributed by atoms with Crippen LogP contribution in [0.5, 0.6) is 0 Å². The van der Waals surface area contributed by atoms with Crippen molar-refractivity contribution >= 4 is 55.2 Å². The van der Waals surface area contributed by atoms with Crippen LogP contribution in [0.1, 0.15) is 65.9 Å². The zero-order valence-corrected chi connectivity index (χ0v) is 29.1. The van der Waals surface area contributed by atoms with Gasteiger partial charge in [-0.2, -0.15) is 4.57 Å². The van der Waals surface area contributed by atoms with E-state index in [0.717, 1.165) is 39.1 Å². The highest BCUT2D eigenvalue weighted by molar-refractivity contribution is 6.15. The average Bonchev–Trinajstić information content (AvgIpc) is 3.78. The smallest absolute Gasteiger partial charge is 0.299 e. The molecule has 5 heteroatoms. The third-order valence-electron chi connectivity index (χ3n) is 10.3. The first-order valence-electron chi connectivity index (χ1n) is 18.8. The number of hydrogen-bond donors (Lipinski definition) is 0. The van der Waals surface area contributed by atoms with E-state index >= 15 is 0 Å². The fraction of sp³-hybridized carbons (Fsp3) is 0.200. The van der Waals surface area contributed by atoms with Gasteiger partial charge in [-0.05, 0) is 78.7 Å². The molecule has 9 aromatic rings. The maximum atomic E-state index is 8.74. The van der Waals surface area contributed by atoms with Crippen LogP contribution in [-0.4, -0.2) is 9.55 Å². The molecule has 0 aliphatic carbocycles. The molecule has 0 unspecified atom stereocenters. The molecule has 5 aromatic carbocycles. The van der Waals surface area contributed by atoms with Gasteiger partial charge in [0.05, 0.1) is 12.4 Å². The van der Waals surface area contributed by atoms with E-state index < -0.39 is 6.85 Å². The molecule has 9 rings (SSSR count). The first kappa shape index (κ1) is 27.2. The Morgan fingerprint density at radius 1 is 0.740 bits per heavy atom. The van der Waals surface area contributed by atoms with Gasteiger partial charge in [-0.25, -0.2) is 9.55 Å². The number of rotatable bonds is 5. The fourth-order valence-corrected chi connectivity index (χ4v) is 7.81. The zero-order valence-electron chi connectivity index (χ0n) is 32.1. The van der Waals surface area contributed by atoms with E-state index in [1.165, 1.54) is 22.3 Å². The van der Waals surface area contributed by atoms with Crippen molar-refractivity contribution in [2.24, 2.45) is 7.05 Å². The number of furan rings is 2. The normalized spacial score (nSPS) is 13.4. The van der Waals surface area contributed by atoms with Crippen molar-refractivity contribution < 1.29 is 17.5 Å². The molecule has 0 spiro atoms. The third-order valence-corrected chi connectivity index (χ3v) is 10.3. The van der Waals surface area contributed by atoms with Crippen LogP contribution in [0.2, 0.25) is 0 Å². The van der Waals surface area contributed by atoms with Crippen molar-refractivity contribution in [3.05, 3.63) is 125 Å². The number of aromatic nitrogens is 3. The molecule has 0 N–H and O–H groups in total. The highest BCUT2D eigenvalue weighted by Gasteiger charge is 2.34. The van der Waals surface area contributed by atoms with Gasteiger partial charge in [-0.3, -0.25) is 0 Å². The van der Waals surface area contributed by atoms with Crippen LogP contribution in [0.3, 0.4) is 0 Å². The molecule has 0 radical (unpaired) electrons. The summed E-state index contributed by atoms with van der Waals surface area (Å²) in [6.07, 6.45) is 0. The molecule has 4 aromatic heterocycles. The van der Waals surface area contributed by atoms with Crippen LogP contribution >= 0.6 is 0 Å². The lowest BCUT2D eigenvalue weighted by molar-refractivity contribution is -0.633. The number of fused-ring (bicyclic) bond motifs is 7. The van der Waals surface area contributed by atoms with Crippen LogP contribution in [-0.2, 0) is 7.05 Å². The Labute approximate surface area is 295 Å². The Morgan fingerprint density at radius 2 is 1.44 bits per heavy atom. The Hall–Kier alpha value is -5.68. The molecular formula is C45H40N3O2+. The van der Waals surface area contributed by atoms with Gasteiger partial charge in [-0.1, -0.05) is 94.4 Å². The minimum Gasteiger partial charge on any atom is -0.453 e. The van der Waals surface area contributed by atoms with Crippen molar-refractivity contribution in [2.75, 3.05) is 0 Å². The maximum Gasteiger partial charge on any atom is 0.299 e. The first-order valence-corrected chi connectivity index (χ1v) is 17.3. The highest BCUT2D eigenvalue weighted by atomic mass is 16.3. The van der Waals surface area contributed by atoms with Gasteiger partial charge in [0.1, 0.15) is 22.4 Å². The van der Waals surface area contributed by atoms with Crippen LogP contribution in [0.4, 0.5) is 0 Å². The van der Waals surface area contributed by atoms with Crippen LogP contribution in [0.25, 0.3) is 83.4 Å². The predicted molar refractivity (Wildman–Crippen MR) is 205 cm³/mol. The summed E-state index contributed by atoms with van der Waals surface area (Å²) < 4.78 is 43.9. The van der Waals surface area contributed by atoms with E-state index in [0.29, 0.717) is 27.5 Å². The number of pyridine rings is 1. The van der Waals surface area contributed by atoms with E-state index in [1.54, 1.807) is 0 Å². The molecule has 0 bridgehead atoms. The second-order valence-corrected chi connectivity index (χ2v) is 14.1. The van der Waals surface area contributed by atoms with Gasteiger partial charge in [-0.15, -0.1) is 0 Å². The number of aryl methyl sites for hydroxylation is 3. The monoisotopic (exact) mass is 657 g/mol. The lowest BCUT2D eigenvalue weighted by Crippen LogP contribution is -2.30. The van der Waals surface area contributed by atoms with Gasteiger partial charge in [0.25, 0.3) is 5.82 Å². The van der Waals surface area contributed by atoms with Crippen LogP contribution < -0.4 is 4.57 Å². The molecular weight excluding hydrogens is 615 g/mol. The number of imidazole rings is 1. The molecule has 0 amide bonds. The Morgan fingerprint density at radius 3 is 2.18 bits per heavy atom. The molecule has 0 fully saturated rings. The molecule has 4 heterocycles. The molecule has 50 heavy (non-hydrogen) atoms. The summed E-state index contributed by atoms with van der Waals surface area (Å²) in [5.74, 6) is 1.36. The second kappa shape index (κ2) is 11.2. The fourth-order valence-electron chi connectivity index (χ4n) is 7.81. The molecule has 0 saturated heterocycles. The minimum absolute atomic E-state index is 0.118. The van der Waals surface area contributed by atoms with Crippen molar-refractivity contribution in [3.8, 4) is 28.2 Å². The largest absolute Gasteiger partial charge is 0.453 e. The summed E-state index contributed by atoms with van der Waals surface area (Å²) in [5, 5.41) is 1.90. The molecule has 0 saturated carbocycles. The quantitative estimate of drug-likeness (QED) is 0.173. The number of nitrogens with zero attached hydrogens (tertiary/aromatic N) is 3. The lowest BCUT2D eigenvalue weighted by atomic mass is 9.88. The van der Waals surface area contributed by atoms with Gasteiger partial charge in [0.2, 0.25) is 5.71 Å². The Bertz CT molecular complexity index is 2880. The molecule has 0 aliphatic heterocycles. The maximum absolute atomic E-state index is 8.74. The average molecular weight is 658 g/mol. The van der Waals surface area contributed by atoms with Crippen molar-refractivity contribution in [1.82, 2.24) is 9.55 Å². The second-order valence-electron chi connectivity index (χ2n) is 14.1. The Balaban J connectivity index is 1.43. The topological polar surface area (TPSA) is 48.0 Å².